The number of nitrogens with two attached hydrogens (primary N) is 1. The van der Waals surface area contributed by atoms with Crippen molar-refractivity contribution in [2.75, 3.05) is 4.72 Å². The molecule has 1 aromatic heterocycles. The molecule has 0 amide bonds. The molecule has 0 bridgehead atoms. The van der Waals surface area contributed by atoms with Crippen LogP contribution < -0.4 is 9.86 Å². The molecule has 0 aliphatic carbocycles. The Hall–Kier alpha value is -1.60. The highest BCUT2D eigenvalue weighted by Crippen LogP contribution is 2.13. The van der Waals surface area contributed by atoms with Gasteiger partial charge in [-0.3, -0.25) is 0 Å². The summed E-state index contributed by atoms with van der Waals surface area (Å²) in [4.78, 5) is 6.74. The molecule has 74 valence electrons. The minimum absolute atomic E-state index is 0.119. The van der Waals surface area contributed by atoms with E-state index < -0.39 is 10.2 Å². The van der Waals surface area contributed by atoms with Gasteiger partial charge in [0.25, 0.3) is 10.2 Å². The maximum absolute atomic E-state index is 10.7. The van der Waals surface area contributed by atoms with E-state index in [2.05, 4.69) is 14.7 Å². The van der Waals surface area contributed by atoms with Gasteiger partial charge in [0.05, 0.1) is 11.0 Å². The number of hydrogen-bond donors (Lipinski definition) is 3. The fourth-order valence-electron chi connectivity index (χ4n) is 1.14. The summed E-state index contributed by atoms with van der Waals surface area (Å²) >= 11 is 0. The van der Waals surface area contributed by atoms with Crippen LogP contribution >= 0.6 is 0 Å². The molecule has 0 unspecified atom stereocenters. The monoisotopic (exact) mass is 212 g/mol. The van der Waals surface area contributed by atoms with Gasteiger partial charge in [-0.1, -0.05) is 12.1 Å². The van der Waals surface area contributed by atoms with Crippen LogP contribution in [-0.4, -0.2) is 18.4 Å². The van der Waals surface area contributed by atoms with Crippen molar-refractivity contribution in [1.82, 2.24) is 9.97 Å². The van der Waals surface area contributed by atoms with Crippen LogP contribution in [-0.2, 0) is 10.2 Å². The van der Waals surface area contributed by atoms with Gasteiger partial charge in [-0.15, -0.1) is 0 Å². The maximum atomic E-state index is 10.7. The van der Waals surface area contributed by atoms with Crippen LogP contribution in [0.2, 0.25) is 0 Å². The fraction of sp³-hybridized carbons (Fsp3) is 0. The Morgan fingerprint density at radius 1 is 1.36 bits per heavy atom. The number of benzene rings is 1. The van der Waals surface area contributed by atoms with Gasteiger partial charge in [-0.2, -0.15) is 8.42 Å². The van der Waals surface area contributed by atoms with E-state index in [1.54, 1.807) is 12.1 Å². The lowest BCUT2D eigenvalue weighted by Crippen LogP contribution is -2.22. The highest BCUT2D eigenvalue weighted by atomic mass is 32.2. The molecule has 0 atom stereocenters. The molecule has 6 nitrogen and oxygen atoms in total. The summed E-state index contributed by atoms with van der Waals surface area (Å²) in [6.45, 7) is 0. The lowest BCUT2D eigenvalue weighted by atomic mass is 10.3. The van der Waals surface area contributed by atoms with Crippen LogP contribution in [0.4, 0.5) is 5.95 Å². The minimum atomic E-state index is -3.77. The standard InChI is InChI=1S/C7H8N4O2S/c8-14(12,13)11-7-9-5-3-1-2-4-6(5)10-7/h1-4H,(H2,8,12,13)(H2,9,10,11). The van der Waals surface area contributed by atoms with Crippen LogP contribution in [0, 0.1) is 0 Å². The Morgan fingerprint density at radius 2 is 2.07 bits per heavy atom. The molecule has 1 heterocycles. The zero-order valence-corrected chi connectivity index (χ0v) is 7.88. The molecule has 4 N–H and O–H groups in total. The van der Waals surface area contributed by atoms with Crippen molar-refractivity contribution in [3.63, 3.8) is 0 Å². The fourth-order valence-corrected chi connectivity index (χ4v) is 1.50. The second kappa shape index (κ2) is 2.96. The smallest absolute Gasteiger partial charge is 0.298 e. The predicted molar refractivity (Wildman–Crippen MR) is 52.8 cm³/mol. The van der Waals surface area contributed by atoms with Crippen LogP contribution in [0.15, 0.2) is 24.3 Å². The molecule has 0 saturated heterocycles. The van der Waals surface area contributed by atoms with E-state index in [0.717, 1.165) is 5.52 Å². The number of aromatic amines is 1. The van der Waals surface area contributed by atoms with Crippen molar-refractivity contribution in [2.24, 2.45) is 5.14 Å². The van der Waals surface area contributed by atoms with Gasteiger partial charge in [0.15, 0.2) is 0 Å². The lowest BCUT2D eigenvalue weighted by molar-refractivity contribution is 0.602. The second-order valence-electron chi connectivity index (χ2n) is 2.75. The molecule has 2 rings (SSSR count). The van der Waals surface area contributed by atoms with Crippen LogP contribution in [0.1, 0.15) is 0 Å². The molecule has 0 spiro atoms. The average molecular weight is 212 g/mol. The number of rotatable bonds is 2. The van der Waals surface area contributed by atoms with E-state index in [0.29, 0.717) is 5.52 Å². The summed E-state index contributed by atoms with van der Waals surface area (Å²) < 4.78 is 23.4. The molecular formula is C7H8N4O2S. The van der Waals surface area contributed by atoms with E-state index >= 15 is 0 Å². The molecular weight excluding hydrogens is 204 g/mol. The van der Waals surface area contributed by atoms with E-state index in [4.69, 9.17) is 5.14 Å². The number of anilines is 1. The molecule has 14 heavy (non-hydrogen) atoms. The molecule has 0 aliphatic rings. The molecule has 0 saturated carbocycles. The van der Waals surface area contributed by atoms with Gasteiger partial charge in [0, 0.05) is 0 Å². The molecule has 1 aromatic carbocycles. The Kier molecular flexibility index (Phi) is 1.90. The third-order valence-electron chi connectivity index (χ3n) is 1.63. The molecule has 0 aliphatic heterocycles. The minimum Gasteiger partial charge on any atom is -0.323 e. The average Bonchev–Trinajstić information content (AvgIpc) is 2.42. The Labute approximate surface area is 80.3 Å². The van der Waals surface area contributed by atoms with E-state index in [9.17, 15) is 8.42 Å². The third-order valence-corrected chi connectivity index (χ3v) is 2.11. The van der Waals surface area contributed by atoms with Gasteiger partial charge in [0.1, 0.15) is 0 Å². The first-order chi connectivity index (χ1) is 6.54. The summed E-state index contributed by atoms with van der Waals surface area (Å²) in [5.41, 5.74) is 1.43. The third kappa shape index (κ3) is 1.83. The second-order valence-corrected chi connectivity index (χ2v) is 4.04. The number of para-hydroxylation sites is 2. The number of fused-ring (bicyclic) bond motifs is 1. The summed E-state index contributed by atoms with van der Waals surface area (Å²) in [6.07, 6.45) is 0. The first-order valence-corrected chi connectivity index (χ1v) is 5.34. The summed E-state index contributed by atoms with van der Waals surface area (Å²) in [6, 6.07) is 7.18. The zero-order chi connectivity index (χ0) is 10.2. The topological polar surface area (TPSA) is 101 Å². The van der Waals surface area contributed by atoms with E-state index in [1.165, 1.54) is 0 Å². The first kappa shape index (κ1) is 8.97. The summed E-state index contributed by atoms with van der Waals surface area (Å²) in [7, 11) is -3.77. The summed E-state index contributed by atoms with van der Waals surface area (Å²) in [5.74, 6) is 0.119. The van der Waals surface area contributed by atoms with Crippen molar-refractivity contribution < 1.29 is 8.42 Å². The predicted octanol–water partition coefficient (Wildman–Crippen LogP) is 0.178. The van der Waals surface area contributed by atoms with Gasteiger partial charge in [-0.25, -0.2) is 14.8 Å². The number of aromatic nitrogens is 2. The summed E-state index contributed by atoms with van der Waals surface area (Å²) in [5, 5.41) is 4.79. The Bertz CT molecular complexity index is 527. The number of imidazole rings is 1. The quantitative estimate of drug-likeness (QED) is 0.661. The van der Waals surface area contributed by atoms with Crippen molar-refractivity contribution >= 4 is 27.2 Å². The number of hydrogen-bond acceptors (Lipinski definition) is 3. The number of H-pyrrole nitrogens is 1. The van der Waals surface area contributed by atoms with Crippen LogP contribution in [0.5, 0.6) is 0 Å². The van der Waals surface area contributed by atoms with Crippen molar-refractivity contribution in [1.29, 1.82) is 0 Å². The van der Waals surface area contributed by atoms with Gasteiger partial charge in [0.2, 0.25) is 5.95 Å². The van der Waals surface area contributed by atoms with Gasteiger partial charge >= 0.3 is 0 Å². The number of nitrogens with zero attached hydrogens (tertiary/aromatic N) is 1. The number of nitrogens with one attached hydrogen (secondary N) is 2. The highest BCUT2D eigenvalue weighted by molar-refractivity contribution is 7.90. The van der Waals surface area contributed by atoms with Crippen molar-refractivity contribution in [2.45, 2.75) is 0 Å². The SMILES string of the molecule is NS(=O)(=O)Nc1nc2ccccc2[nH]1. The maximum Gasteiger partial charge on any atom is 0.298 e. The van der Waals surface area contributed by atoms with Crippen LogP contribution in [0.3, 0.4) is 0 Å². The highest BCUT2D eigenvalue weighted by Gasteiger charge is 2.06. The Balaban J connectivity index is 2.46. The normalized spacial score (nSPS) is 11.8. The zero-order valence-electron chi connectivity index (χ0n) is 7.06. The first-order valence-electron chi connectivity index (χ1n) is 3.80. The molecule has 2 aromatic rings. The van der Waals surface area contributed by atoms with Gasteiger partial charge < -0.3 is 4.98 Å². The molecule has 0 fully saturated rings. The van der Waals surface area contributed by atoms with E-state index in [-0.39, 0.29) is 5.95 Å². The Morgan fingerprint density at radius 3 is 2.71 bits per heavy atom. The van der Waals surface area contributed by atoms with Crippen molar-refractivity contribution in [3.05, 3.63) is 24.3 Å². The van der Waals surface area contributed by atoms with Gasteiger partial charge in [-0.05, 0) is 12.1 Å². The lowest BCUT2D eigenvalue weighted by Gasteiger charge is -1.95. The molecule has 7 heteroatoms. The van der Waals surface area contributed by atoms with E-state index in [1.807, 2.05) is 12.1 Å². The van der Waals surface area contributed by atoms with Crippen LogP contribution in [0.25, 0.3) is 11.0 Å². The van der Waals surface area contributed by atoms with Crippen molar-refractivity contribution in [3.8, 4) is 0 Å². The largest absolute Gasteiger partial charge is 0.323 e. The molecule has 0 radical (unpaired) electrons.